The molecule has 21 heavy (non-hydrogen) atoms. The molecule has 1 aromatic rings. The molecule has 0 heterocycles. The number of hydrogen-bond donors (Lipinski definition) is 0. The lowest BCUT2D eigenvalue weighted by Crippen LogP contribution is -2.18. The van der Waals surface area contributed by atoms with E-state index >= 15 is 0 Å². The predicted octanol–water partition coefficient (Wildman–Crippen LogP) is 3.67. The molecule has 0 aliphatic rings. The van der Waals surface area contributed by atoms with Crippen LogP contribution in [0.5, 0.6) is 0 Å². The van der Waals surface area contributed by atoms with Crippen molar-refractivity contribution in [3.63, 3.8) is 0 Å². The largest absolute Gasteiger partial charge is 0.351 e. The molecule has 1 unspecified atom stereocenters. The number of hydrogen-bond acceptors (Lipinski definition) is 4. The predicted molar refractivity (Wildman–Crippen MR) is 87.3 cm³/mol. The summed E-state index contributed by atoms with van der Waals surface area (Å²) >= 11 is 0. The molecular formula is C17H28N2O2. The zero-order valence-corrected chi connectivity index (χ0v) is 13.5. The summed E-state index contributed by atoms with van der Waals surface area (Å²) in [6.07, 6.45) is 6.46. The van der Waals surface area contributed by atoms with Crippen LogP contribution in [0.1, 0.15) is 38.2 Å². The van der Waals surface area contributed by atoms with E-state index in [9.17, 15) is 0 Å². The summed E-state index contributed by atoms with van der Waals surface area (Å²) in [5.41, 5.74) is 1.16. The summed E-state index contributed by atoms with van der Waals surface area (Å²) in [6.45, 7) is 3.07. The Labute approximate surface area is 128 Å². The SMILES string of the molecule is CCCCCC(/C=N/N(C)C)OCOCc1ccccc1. The summed E-state index contributed by atoms with van der Waals surface area (Å²) in [7, 11) is 3.82. The summed E-state index contributed by atoms with van der Waals surface area (Å²) in [6, 6.07) is 10.1. The fourth-order valence-electron chi connectivity index (χ4n) is 1.87. The van der Waals surface area contributed by atoms with Crippen LogP contribution in [0.3, 0.4) is 0 Å². The Hall–Kier alpha value is -1.39. The molecule has 4 heteroatoms. The van der Waals surface area contributed by atoms with Crippen molar-refractivity contribution in [2.24, 2.45) is 5.10 Å². The first-order valence-corrected chi connectivity index (χ1v) is 7.67. The molecule has 0 aliphatic carbocycles. The molecule has 0 amide bonds. The quantitative estimate of drug-likeness (QED) is 0.270. The van der Waals surface area contributed by atoms with E-state index in [1.54, 1.807) is 5.01 Å². The molecule has 0 aromatic heterocycles. The molecule has 0 N–H and O–H groups in total. The first-order chi connectivity index (χ1) is 10.2. The average Bonchev–Trinajstić information content (AvgIpc) is 2.49. The van der Waals surface area contributed by atoms with Gasteiger partial charge in [-0.25, -0.2) is 0 Å². The van der Waals surface area contributed by atoms with Crippen LogP contribution < -0.4 is 0 Å². The molecule has 0 saturated heterocycles. The second-order valence-corrected chi connectivity index (χ2v) is 5.26. The molecule has 1 rings (SSSR count). The third kappa shape index (κ3) is 9.21. The summed E-state index contributed by atoms with van der Waals surface area (Å²) in [5.74, 6) is 0. The molecule has 0 fully saturated rings. The Morgan fingerprint density at radius 3 is 2.62 bits per heavy atom. The lowest BCUT2D eigenvalue weighted by Gasteiger charge is -2.15. The zero-order chi connectivity index (χ0) is 15.3. The van der Waals surface area contributed by atoms with E-state index in [4.69, 9.17) is 9.47 Å². The van der Waals surface area contributed by atoms with Crippen LogP contribution in [0.2, 0.25) is 0 Å². The number of benzene rings is 1. The van der Waals surface area contributed by atoms with Gasteiger partial charge in [-0.1, -0.05) is 56.5 Å². The number of rotatable bonds is 11. The van der Waals surface area contributed by atoms with Crippen molar-refractivity contribution in [2.45, 2.75) is 45.3 Å². The molecule has 1 aromatic carbocycles. The maximum Gasteiger partial charge on any atom is 0.148 e. The topological polar surface area (TPSA) is 34.1 Å². The minimum atomic E-state index is 0.0229. The molecule has 0 aliphatic heterocycles. The van der Waals surface area contributed by atoms with Gasteiger partial charge in [0.2, 0.25) is 0 Å². The normalized spacial score (nSPS) is 12.7. The molecule has 1 atom stereocenters. The highest BCUT2D eigenvalue weighted by Gasteiger charge is 2.06. The fourth-order valence-corrected chi connectivity index (χ4v) is 1.87. The van der Waals surface area contributed by atoms with Crippen LogP contribution in [0.15, 0.2) is 35.4 Å². The van der Waals surface area contributed by atoms with Crippen molar-refractivity contribution in [3.8, 4) is 0 Å². The Balaban J connectivity index is 2.27. The highest BCUT2D eigenvalue weighted by atomic mass is 16.7. The van der Waals surface area contributed by atoms with E-state index in [1.165, 1.54) is 12.8 Å². The summed E-state index contributed by atoms with van der Waals surface area (Å²) < 4.78 is 11.3. The second kappa shape index (κ2) is 11.3. The second-order valence-electron chi connectivity index (χ2n) is 5.26. The minimum absolute atomic E-state index is 0.0229. The highest BCUT2D eigenvalue weighted by Crippen LogP contribution is 2.07. The fraction of sp³-hybridized carbons (Fsp3) is 0.588. The van der Waals surface area contributed by atoms with Gasteiger partial charge in [-0.2, -0.15) is 5.10 Å². The van der Waals surface area contributed by atoms with E-state index in [0.717, 1.165) is 18.4 Å². The van der Waals surface area contributed by atoms with Gasteiger partial charge in [0.05, 0.1) is 18.9 Å². The number of unbranched alkanes of at least 4 members (excludes halogenated alkanes) is 2. The van der Waals surface area contributed by atoms with Crippen LogP contribution in [-0.2, 0) is 16.1 Å². The summed E-state index contributed by atoms with van der Waals surface area (Å²) in [5, 5.41) is 6.05. The van der Waals surface area contributed by atoms with Gasteiger partial charge in [0.1, 0.15) is 6.79 Å². The Morgan fingerprint density at radius 2 is 1.95 bits per heavy atom. The van der Waals surface area contributed by atoms with Gasteiger partial charge < -0.3 is 14.5 Å². The Bertz CT molecular complexity index is 380. The Morgan fingerprint density at radius 1 is 1.19 bits per heavy atom. The molecule has 0 spiro atoms. The average molecular weight is 292 g/mol. The highest BCUT2D eigenvalue weighted by molar-refractivity contribution is 5.62. The van der Waals surface area contributed by atoms with Crippen molar-refractivity contribution in [3.05, 3.63) is 35.9 Å². The van der Waals surface area contributed by atoms with Crippen molar-refractivity contribution in [1.29, 1.82) is 0 Å². The molecule has 0 radical (unpaired) electrons. The van der Waals surface area contributed by atoms with E-state index in [-0.39, 0.29) is 6.10 Å². The number of ether oxygens (including phenoxy) is 2. The lowest BCUT2D eigenvalue weighted by atomic mass is 10.1. The van der Waals surface area contributed by atoms with E-state index in [0.29, 0.717) is 13.4 Å². The van der Waals surface area contributed by atoms with E-state index in [2.05, 4.69) is 12.0 Å². The lowest BCUT2D eigenvalue weighted by molar-refractivity contribution is -0.0779. The molecule has 0 saturated carbocycles. The van der Waals surface area contributed by atoms with Crippen molar-refractivity contribution in [2.75, 3.05) is 20.9 Å². The summed E-state index contributed by atoms with van der Waals surface area (Å²) in [4.78, 5) is 0. The van der Waals surface area contributed by atoms with Gasteiger partial charge in [0, 0.05) is 14.1 Å². The van der Waals surface area contributed by atoms with Crippen molar-refractivity contribution < 1.29 is 9.47 Å². The van der Waals surface area contributed by atoms with Gasteiger partial charge >= 0.3 is 0 Å². The third-order valence-corrected chi connectivity index (χ3v) is 3.03. The standard InChI is InChI=1S/C17H28N2O2/c1-4-5-7-12-17(13-18-19(2)3)21-15-20-14-16-10-8-6-9-11-16/h6,8-11,13,17H,4-5,7,12,14-15H2,1-3H3/b18-13+. The van der Waals surface area contributed by atoms with Gasteiger partial charge in [0.15, 0.2) is 0 Å². The van der Waals surface area contributed by atoms with Crippen LogP contribution in [0.25, 0.3) is 0 Å². The van der Waals surface area contributed by atoms with Gasteiger partial charge in [-0.3, -0.25) is 0 Å². The molecular weight excluding hydrogens is 264 g/mol. The first-order valence-electron chi connectivity index (χ1n) is 7.67. The Kier molecular flexibility index (Phi) is 9.49. The number of nitrogens with zero attached hydrogens (tertiary/aromatic N) is 2. The third-order valence-electron chi connectivity index (χ3n) is 3.03. The van der Waals surface area contributed by atoms with Crippen LogP contribution in [-0.4, -0.2) is 38.2 Å². The number of hydrazone groups is 1. The van der Waals surface area contributed by atoms with Crippen LogP contribution >= 0.6 is 0 Å². The maximum absolute atomic E-state index is 5.76. The minimum Gasteiger partial charge on any atom is -0.351 e. The monoisotopic (exact) mass is 292 g/mol. The van der Waals surface area contributed by atoms with Gasteiger partial charge in [-0.15, -0.1) is 0 Å². The van der Waals surface area contributed by atoms with Gasteiger partial charge in [-0.05, 0) is 12.0 Å². The van der Waals surface area contributed by atoms with Crippen LogP contribution in [0, 0.1) is 0 Å². The van der Waals surface area contributed by atoms with E-state index in [1.807, 2.05) is 50.6 Å². The smallest absolute Gasteiger partial charge is 0.148 e. The maximum atomic E-state index is 5.76. The van der Waals surface area contributed by atoms with Crippen molar-refractivity contribution in [1.82, 2.24) is 5.01 Å². The molecule has 0 bridgehead atoms. The van der Waals surface area contributed by atoms with Gasteiger partial charge in [0.25, 0.3) is 0 Å². The zero-order valence-electron chi connectivity index (χ0n) is 13.5. The molecule has 4 nitrogen and oxygen atoms in total. The van der Waals surface area contributed by atoms with Crippen LogP contribution in [0.4, 0.5) is 0 Å². The molecule has 118 valence electrons. The van der Waals surface area contributed by atoms with Crippen molar-refractivity contribution >= 4 is 6.21 Å². The first kappa shape index (κ1) is 17.7. The van der Waals surface area contributed by atoms with E-state index < -0.39 is 0 Å².